The number of carbonyl (C=O) groups excluding carboxylic acids is 2. The van der Waals surface area contributed by atoms with Gasteiger partial charge >= 0.3 is 0 Å². The van der Waals surface area contributed by atoms with Crippen molar-refractivity contribution >= 4 is 40.7 Å². The molecule has 2 aromatic rings. The second-order valence-electron chi connectivity index (χ2n) is 5.07. The van der Waals surface area contributed by atoms with E-state index in [1.165, 1.54) is 18.0 Å². The van der Waals surface area contributed by atoms with E-state index in [4.69, 9.17) is 27.9 Å². The summed E-state index contributed by atoms with van der Waals surface area (Å²) in [7, 11) is 3.06. The second kappa shape index (κ2) is 8.04. The maximum absolute atomic E-state index is 12.4. The maximum Gasteiger partial charge on any atom is 0.255 e. The van der Waals surface area contributed by atoms with E-state index in [9.17, 15) is 9.59 Å². The Morgan fingerprint density at radius 1 is 1.17 bits per heavy atom. The quantitative estimate of drug-likeness (QED) is 0.877. The fourth-order valence-electron chi connectivity index (χ4n) is 2.06. The van der Waals surface area contributed by atoms with Gasteiger partial charge in [0.2, 0.25) is 5.91 Å². The van der Waals surface area contributed by atoms with Gasteiger partial charge in [-0.2, -0.15) is 0 Å². The highest BCUT2D eigenvalue weighted by Crippen LogP contribution is 2.22. The van der Waals surface area contributed by atoms with Gasteiger partial charge in [0, 0.05) is 23.8 Å². The number of amides is 2. The SMILES string of the molecule is COc1cccc(NC(=O)CN(C)C(=O)c2cc(Cl)ccc2Cl)c1. The predicted octanol–water partition coefficient (Wildman–Crippen LogP) is 3.71. The number of carbonyl (C=O) groups is 2. The summed E-state index contributed by atoms with van der Waals surface area (Å²) in [5.41, 5.74) is 0.835. The number of benzene rings is 2. The molecule has 0 aliphatic carbocycles. The van der Waals surface area contributed by atoms with Gasteiger partial charge in [-0.05, 0) is 30.3 Å². The third-order valence-corrected chi connectivity index (χ3v) is 3.80. The Kier molecular flexibility index (Phi) is 6.06. The van der Waals surface area contributed by atoms with Gasteiger partial charge in [0.25, 0.3) is 5.91 Å². The van der Waals surface area contributed by atoms with Crippen molar-refractivity contribution in [3.05, 3.63) is 58.1 Å². The Morgan fingerprint density at radius 3 is 2.62 bits per heavy atom. The summed E-state index contributed by atoms with van der Waals surface area (Å²) >= 11 is 11.9. The van der Waals surface area contributed by atoms with Crippen molar-refractivity contribution in [1.29, 1.82) is 0 Å². The van der Waals surface area contributed by atoms with Crippen LogP contribution in [0.2, 0.25) is 10.0 Å². The number of hydrogen-bond donors (Lipinski definition) is 1. The number of nitrogens with zero attached hydrogens (tertiary/aromatic N) is 1. The van der Waals surface area contributed by atoms with E-state index in [0.717, 1.165) is 0 Å². The molecule has 0 heterocycles. The maximum atomic E-state index is 12.4. The Labute approximate surface area is 150 Å². The molecule has 0 aliphatic heterocycles. The summed E-state index contributed by atoms with van der Waals surface area (Å²) in [6, 6.07) is 11.6. The molecule has 24 heavy (non-hydrogen) atoms. The van der Waals surface area contributed by atoms with Crippen LogP contribution < -0.4 is 10.1 Å². The van der Waals surface area contributed by atoms with Gasteiger partial charge in [0.15, 0.2) is 0 Å². The van der Waals surface area contributed by atoms with Crippen molar-refractivity contribution in [2.75, 3.05) is 26.0 Å². The molecule has 0 aliphatic rings. The number of rotatable bonds is 5. The van der Waals surface area contributed by atoms with Crippen molar-refractivity contribution in [2.45, 2.75) is 0 Å². The van der Waals surface area contributed by atoms with E-state index in [-0.39, 0.29) is 28.9 Å². The number of hydrogen-bond acceptors (Lipinski definition) is 3. The van der Waals surface area contributed by atoms with Gasteiger partial charge in [-0.25, -0.2) is 0 Å². The van der Waals surface area contributed by atoms with Crippen LogP contribution in [0.5, 0.6) is 5.75 Å². The molecule has 126 valence electrons. The van der Waals surface area contributed by atoms with E-state index in [0.29, 0.717) is 16.5 Å². The first-order valence-corrected chi connectivity index (χ1v) is 7.80. The first-order valence-electron chi connectivity index (χ1n) is 7.05. The Hall–Kier alpha value is -2.24. The molecule has 7 heteroatoms. The molecule has 5 nitrogen and oxygen atoms in total. The molecule has 2 rings (SSSR count). The average Bonchev–Trinajstić information content (AvgIpc) is 2.56. The van der Waals surface area contributed by atoms with Crippen LogP contribution in [-0.4, -0.2) is 37.4 Å². The van der Waals surface area contributed by atoms with E-state index < -0.39 is 0 Å². The molecule has 0 spiro atoms. The third kappa shape index (κ3) is 4.63. The fraction of sp³-hybridized carbons (Fsp3) is 0.176. The Bertz CT molecular complexity index is 765. The van der Waals surface area contributed by atoms with E-state index in [1.807, 2.05) is 0 Å². The summed E-state index contributed by atoms with van der Waals surface area (Å²) in [5, 5.41) is 3.39. The Balaban J connectivity index is 2.02. The zero-order valence-corrected chi connectivity index (χ0v) is 14.7. The molecule has 0 atom stereocenters. The molecule has 2 aromatic carbocycles. The third-order valence-electron chi connectivity index (χ3n) is 3.24. The molecule has 0 radical (unpaired) electrons. The zero-order valence-electron chi connectivity index (χ0n) is 13.2. The first-order chi connectivity index (χ1) is 11.4. The molecule has 0 unspecified atom stereocenters. The van der Waals surface area contributed by atoms with Crippen molar-refractivity contribution in [3.8, 4) is 5.75 Å². The van der Waals surface area contributed by atoms with Gasteiger partial charge < -0.3 is 15.0 Å². The van der Waals surface area contributed by atoms with Crippen LogP contribution in [0, 0.1) is 0 Å². The number of likely N-dealkylation sites (N-methyl/N-ethyl adjacent to an activating group) is 1. The van der Waals surface area contributed by atoms with Crippen molar-refractivity contribution in [1.82, 2.24) is 4.90 Å². The molecular weight excluding hydrogens is 351 g/mol. The van der Waals surface area contributed by atoms with Crippen LogP contribution in [0.25, 0.3) is 0 Å². The fourth-order valence-corrected chi connectivity index (χ4v) is 2.43. The van der Waals surface area contributed by atoms with Crippen molar-refractivity contribution in [2.24, 2.45) is 0 Å². The highest BCUT2D eigenvalue weighted by Gasteiger charge is 2.18. The van der Waals surface area contributed by atoms with Crippen LogP contribution in [0.4, 0.5) is 5.69 Å². The van der Waals surface area contributed by atoms with E-state index in [2.05, 4.69) is 5.32 Å². The summed E-state index contributed by atoms with van der Waals surface area (Å²) in [6.07, 6.45) is 0. The number of methoxy groups -OCH3 is 1. The lowest BCUT2D eigenvalue weighted by Gasteiger charge is -2.18. The average molecular weight is 367 g/mol. The Morgan fingerprint density at radius 2 is 1.92 bits per heavy atom. The minimum atomic E-state index is -0.386. The van der Waals surface area contributed by atoms with Crippen LogP contribution in [0.3, 0.4) is 0 Å². The molecular formula is C17H16Cl2N2O3. The lowest BCUT2D eigenvalue weighted by Crippen LogP contribution is -2.35. The van der Waals surface area contributed by atoms with Gasteiger partial charge in [-0.15, -0.1) is 0 Å². The van der Waals surface area contributed by atoms with Crippen LogP contribution in [-0.2, 0) is 4.79 Å². The lowest BCUT2D eigenvalue weighted by molar-refractivity contribution is -0.116. The molecule has 0 aromatic heterocycles. The smallest absolute Gasteiger partial charge is 0.255 e. The largest absolute Gasteiger partial charge is 0.497 e. The molecule has 0 fully saturated rings. The lowest BCUT2D eigenvalue weighted by atomic mass is 10.2. The second-order valence-corrected chi connectivity index (χ2v) is 5.91. The highest BCUT2D eigenvalue weighted by atomic mass is 35.5. The standard InChI is InChI=1S/C17H16Cl2N2O3/c1-21(17(23)14-8-11(18)6-7-15(14)19)10-16(22)20-12-4-3-5-13(9-12)24-2/h3-9H,10H2,1-2H3,(H,20,22). The topological polar surface area (TPSA) is 58.6 Å². The molecule has 2 amide bonds. The number of ether oxygens (including phenoxy) is 1. The minimum absolute atomic E-state index is 0.126. The normalized spacial score (nSPS) is 10.2. The molecule has 0 saturated heterocycles. The van der Waals surface area contributed by atoms with Crippen LogP contribution in [0.15, 0.2) is 42.5 Å². The molecule has 0 bridgehead atoms. The van der Waals surface area contributed by atoms with Gasteiger partial charge in [-0.3, -0.25) is 9.59 Å². The van der Waals surface area contributed by atoms with E-state index >= 15 is 0 Å². The predicted molar refractivity (Wildman–Crippen MR) is 95.0 cm³/mol. The monoisotopic (exact) mass is 366 g/mol. The van der Waals surface area contributed by atoms with Crippen LogP contribution >= 0.6 is 23.2 Å². The summed E-state index contributed by atoms with van der Waals surface area (Å²) in [4.78, 5) is 25.8. The minimum Gasteiger partial charge on any atom is -0.497 e. The van der Waals surface area contributed by atoms with Crippen molar-refractivity contribution in [3.63, 3.8) is 0 Å². The van der Waals surface area contributed by atoms with Gasteiger partial charge in [-0.1, -0.05) is 29.3 Å². The summed E-state index contributed by atoms with van der Waals surface area (Å²) < 4.78 is 5.09. The number of anilines is 1. The van der Waals surface area contributed by atoms with Crippen LogP contribution in [0.1, 0.15) is 10.4 Å². The van der Waals surface area contributed by atoms with Gasteiger partial charge in [0.1, 0.15) is 5.75 Å². The number of nitrogens with one attached hydrogen (secondary N) is 1. The first kappa shape index (κ1) is 18.1. The van der Waals surface area contributed by atoms with Gasteiger partial charge in [0.05, 0.1) is 24.2 Å². The van der Waals surface area contributed by atoms with E-state index in [1.54, 1.807) is 43.5 Å². The molecule has 1 N–H and O–H groups in total. The highest BCUT2D eigenvalue weighted by molar-refractivity contribution is 6.35. The summed E-state index contributed by atoms with van der Waals surface area (Å²) in [5.74, 6) is -0.0940. The summed E-state index contributed by atoms with van der Waals surface area (Å²) in [6.45, 7) is -0.126. The molecule has 0 saturated carbocycles. The zero-order chi connectivity index (χ0) is 17.7. The van der Waals surface area contributed by atoms with Crippen molar-refractivity contribution < 1.29 is 14.3 Å². The number of halogens is 2.